The van der Waals surface area contributed by atoms with Gasteiger partial charge in [0.1, 0.15) is 5.75 Å². The van der Waals surface area contributed by atoms with Crippen molar-refractivity contribution in [2.75, 3.05) is 20.7 Å². The maximum atomic E-state index is 5.36. The fraction of sp³-hybridized carbons (Fsp3) is 0.429. The third-order valence-electron chi connectivity index (χ3n) is 2.69. The van der Waals surface area contributed by atoms with Crippen molar-refractivity contribution in [3.63, 3.8) is 0 Å². The lowest BCUT2D eigenvalue weighted by Gasteiger charge is -2.16. The minimum atomic E-state index is 0.582. The molecule has 1 rings (SSSR count). The smallest absolute Gasteiger partial charge is 0.122 e. The van der Waals surface area contributed by atoms with Crippen LogP contribution in [0.2, 0.25) is 0 Å². The molecule has 1 N–H and O–H groups in total. The first-order valence-electron chi connectivity index (χ1n) is 5.69. The molecule has 2 heteroatoms. The predicted octanol–water partition coefficient (Wildman–Crippen LogP) is 2.65. The van der Waals surface area contributed by atoms with Gasteiger partial charge >= 0.3 is 0 Å². The third-order valence-corrected chi connectivity index (χ3v) is 2.69. The van der Waals surface area contributed by atoms with Gasteiger partial charge in [-0.05, 0) is 44.0 Å². The molecule has 0 aliphatic heterocycles. The normalized spacial score (nSPS) is 12.1. The minimum absolute atomic E-state index is 0.582. The van der Waals surface area contributed by atoms with E-state index in [-0.39, 0.29) is 0 Å². The van der Waals surface area contributed by atoms with Gasteiger partial charge in [-0.25, -0.2) is 0 Å². The average molecular weight is 219 g/mol. The van der Waals surface area contributed by atoms with Gasteiger partial charge in [-0.1, -0.05) is 24.3 Å². The number of hydrogen-bond donors (Lipinski definition) is 1. The molecule has 1 atom stereocenters. The molecule has 0 aromatic heterocycles. The van der Waals surface area contributed by atoms with Gasteiger partial charge in [0, 0.05) is 0 Å². The first-order chi connectivity index (χ1) is 7.81. The summed E-state index contributed by atoms with van der Waals surface area (Å²) in [6.45, 7) is 4.81. The number of rotatable bonds is 7. The zero-order valence-corrected chi connectivity index (χ0v) is 10.2. The number of nitrogens with one attached hydrogen (secondary N) is 1. The number of benzene rings is 1. The molecule has 0 spiro atoms. The van der Waals surface area contributed by atoms with E-state index in [2.05, 4.69) is 24.0 Å². The van der Waals surface area contributed by atoms with E-state index in [0.717, 1.165) is 25.1 Å². The van der Waals surface area contributed by atoms with Crippen molar-refractivity contribution in [2.45, 2.75) is 12.8 Å². The zero-order valence-electron chi connectivity index (χ0n) is 10.2. The summed E-state index contributed by atoms with van der Waals surface area (Å²) in [6.07, 6.45) is 4.03. The Labute approximate surface area is 98.3 Å². The van der Waals surface area contributed by atoms with Crippen LogP contribution >= 0.6 is 0 Å². The first kappa shape index (κ1) is 12.8. The van der Waals surface area contributed by atoms with Crippen LogP contribution in [-0.2, 0) is 6.42 Å². The second-order valence-electron chi connectivity index (χ2n) is 3.96. The number of methoxy groups -OCH3 is 1. The highest BCUT2D eigenvalue weighted by atomic mass is 16.5. The lowest BCUT2D eigenvalue weighted by molar-refractivity contribution is 0.402. The summed E-state index contributed by atoms with van der Waals surface area (Å²) in [5.74, 6) is 1.56. The second-order valence-corrected chi connectivity index (χ2v) is 3.96. The Morgan fingerprint density at radius 3 is 2.81 bits per heavy atom. The monoisotopic (exact) mass is 219 g/mol. The molecule has 0 unspecified atom stereocenters. The number of para-hydroxylation sites is 1. The standard InChI is InChI=1S/C14H21NO/c1-4-7-12(11-15-2)10-13-8-5-6-9-14(13)16-3/h4-6,8-9,12,15H,1,7,10-11H2,2-3H3/t12-/m1/s1. The molecule has 0 aliphatic carbocycles. The van der Waals surface area contributed by atoms with E-state index >= 15 is 0 Å². The molecule has 0 bridgehead atoms. The Hall–Kier alpha value is -1.28. The first-order valence-corrected chi connectivity index (χ1v) is 5.69. The van der Waals surface area contributed by atoms with E-state index < -0.39 is 0 Å². The van der Waals surface area contributed by atoms with Gasteiger partial charge in [0.15, 0.2) is 0 Å². The number of hydrogen-bond acceptors (Lipinski definition) is 2. The summed E-state index contributed by atoms with van der Waals surface area (Å²) in [6, 6.07) is 8.20. The molecule has 0 saturated heterocycles. The fourth-order valence-corrected chi connectivity index (χ4v) is 1.95. The maximum Gasteiger partial charge on any atom is 0.122 e. The van der Waals surface area contributed by atoms with Crippen molar-refractivity contribution in [1.82, 2.24) is 5.32 Å². The molecule has 0 amide bonds. The Morgan fingerprint density at radius 1 is 1.44 bits per heavy atom. The van der Waals surface area contributed by atoms with E-state index in [4.69, 9.17) is 4.74 Å². The van der Waals surface area contributed by atoms with E-state index in [9.17, 15) is 0 Å². The highest BCUT2D eigenvalue weighted by Crippen LogP contribution is 2.22. The fourth-order valence-electron chi connectivity index (χ4n) is 1.95. The quantitative estimate of drug-likeness (QED) is 0.712. The van der Waals surface area contributed by atoms with Crippen molar-refractivity contribution in [1.29, 1.82) is 0 Å². The van der Waals surface area contributed by atoms with Crippen LogP contribution in [0.4, 0.5) is 0 Å². The summed E-state index contributed by atoms with van der Waals surface area (Å²) < 4.78 is 5.36. The van der Waals surface area contributed by atoms with Gasteiger partial charge in [0.05, 0.1) is 7.11 Å². The molecule has 16 heavy (non-hydrogen) atoms. The second kappa shape index (κ2) is 7.07. The van der Waals surface area contributed by atoms with Crippen molar-refractivity contribution >= 4 is 0 Å². The molecular formula is C14H21NO. The van der Waals surface area contributed by atoms with Crippen LogP contribution in [0.3, 0.4) is 0 Å². The minimum Gasteiger partial charge on any atom is -0.496 e. The maximum absolute atomic E-state index is 5.36. The van der Waals surface area contributed by atoms with Crippen molar-refractivity contribution in [2.24, 2.45) is 5.92 Å². The molecule has 88 valence electrons. The van der Waals surface area contributed by atoms with E-state index in [0.29, 0.717) is 5.92 Å². The highest BCUT2D eigenvalue weighted by molar-refractivity contribution is 5.33. The Bertz CT molecular complexity index is 322. The molecule has 1 aromatic carbocycles. The number of allylic oxidation sites excluding steroid dienone is 1. The van der Waals surface area contributed by atoms with Gasteiger partial charge in [0.25, 0.3) is 0 Å². The number of ether oxygens (including phenoxy) is 1. The van der Waals surface area contributed by atoms with Crippen LogP contribution in [0.15, 0.2) is 36.9 Å². The Balaban J connectivity index is 2.71. The predicted molar refractivity (Wildman–Crippen MR) is 68.9 cm³/mol. The molecule has 0 fully saturated rings. The van der Waals surface area contributed by atoms with Gasteiger partial charge in [-0.2, -0.15) is 0 Å². The molecule has 0 aliphatic rings. The van der Waals surface area contributed by atoms with Crippen LogP contribution in [0.1, 0.15) is 12.0 Å². The molecular weight excluding hydrogens is 198 g/mol. The van der Waals surface area contributed by atoms with Crippen LogP contribution < -0.4 is 10.1 Å². The lowest BCUT2D eigenvalue weighted by Crippen LogP contribution is -2.20. The van der Waals surface area contributed by atoms with Crippen molar-refractivity contribution in [3.05, 3.63) is 42.5 Å². The molecule has 0 saturated carbocycles. The summed E-state index contributed by atoms with van der Waals surface area (Å²) in [4.78, 5) is 0. The SMILES string of the molecule is C=CC[C@@H](CNC)Cc1ccccc1OC. The van der Waals surface area contributed by atoms with Crippen molar-refractivity contribution in [3.8, 4) is 5.75 Å². The van der Waals surface area contributed by atoms with E-state index in [1.165, 1.54) is 5.56 Å². The zero-order chi connectivity index (χ0) is 11.8. The summed E-state index contributed by atoms with van der Waals surface area (Å²) in [5, 5.41) is 3.22. The topological polar surface area (TPSA) is 21.3 Å². The van der Waals surface area contributed by atoms with Crippen LogP contribution in [0, 0.1) is 5.92 Å². The van der Waals surface area contributed by atoms with E-state index in [1.807, 2.05) is 25.3 Å². The summed E-state index contributed by atoms with van der Waals surface area (Å²) in [7, 11) is 3.71. The molecule has 1 aromatic rings. The Kier molecular flexibility index (Phi) is 5.65. The molecule has 0 radical (unpaired) electrons. The van der Waals surface area contributed by atoms with Crippen molar-refractivity contribution < 1.29 is 4.74 Å². The third kappa shape index (κ3) is 3.70. The summed E-state index contributed by atoms with van der Waals surface area (Å²) >= 11 is 0. The van der Waals surface area contributed by atoms with Gasteiger partial charge in [-0.3, -0.25) is 0 Å². The largest absolute Gasteiger partial charge is 0.496 e. The Morgan fingerprint density at radius 2 is 2.19 bits per heavy atom. The highest BCUT2D eigenvalue weighted by Gasteiger charge is 2.10. The van der Waals surface area contributed by atoms with Crippen LogP contribution in [0.25, 0.3) is 0 Å². The molecule has 0 heterocycles. The van der Waals surface area contributed by atoms with Gasteiger partial charge < -0.3 is 10.1 Å². The summed E-state index contributed by atoms with van der Waals surface area (Å²) in [5.41, 5.74) is 1.27. The van der Waals surface area contributed by atoms with E-state index in [1.54, 1.807) is 7.11 Å². The molecule has 2 nitrogen and oxygen atoms in total. The van der Waals surface area contributed by atoms with Gasteiger partial charge in [0.2, 0.25) is 0 Å². The average Bonchev–Trinajstić information content (AvgIpc) is 2.30. The lowest BCUT2D eigenvalue weighted by atomic mass is 9.95. The van der Waals surface area contributed by atoms with Gasteiger partial charge in [-0.15, -0.1) is 6.58 Å². The van der Waals surface area contributed by atoms with Crippen LogP contribution in [-0.4, -0.2) is 20.7 Å². The van der Waals surface area contributed by atoms with Crippen LogP contribution in [0.5, 0.6) is 5.75 Å².